The third-order valence-electron chi connectivity index (χ3n) is 4.63. The maximum absolute atomic E-state index is 13.3. The highest BCUT2D eigenvalue weighted by molar-refractivity contribution is 6.24. The van der Waals surface area contributed by atoms with Crippen molar-refractivity contribution in [2.45, 2.75) is 6.54 Å². The van der Waals surface area contributed by atoms with Gasteiger partial charge in [0.05, 0.1) is 12.0 Å². The molecule has 0 aliphatic carbocycles. The molecule has 3 aromatic rings. The van der Waals surface area contributed by atoms with Crippen LogP contribution in [0.15, 0.2) is 78.9 Å². The van der Waals surface area contributed by atoms with Crippen LogP contribution < -0.4 is 4.74 Å². The lowest BCUT2D eigenvalue weighted by molar-refractivity contribution is -0.384. The van der Waals surface area contributed by atoms with Crippen LogP contribution in [-0.4, -0.2) is 29.9 Å². The number of hydrogen-bond donors (Lipinski definition) is 0. The molecule has 3 rings (SSSR count). The van der Waals surface area contributed by atoms with Crippen molar-refractivity contribution in [2.24, 2.45) is 0 Å². The van der Waals surface area contributed by atoms with Crippen LogP contribution >= 0.6 is 0 Å². The van der Waals surface area contributed by atoms with Crippen LogP contribution in [0.25, 0.3) is 11.6 Å². The molecule has 0 saturated carbocycles. The molecule has 30 heavy (non-hydrogen) atoms. The molecule has 0 saturated heterocycles. The Labute approximate surface area is 175 Å². The first-order valence-electron chi connectivity index (χ1n) is 9.38. The number of non-ortho nitro benzene ring substituents is 1. The minimum Gasteiger partial charge on any atom is -0.497 e. The topological polar surface area (TPSA) is 72.7 Å². The Morgan fingerprint density at radius 1 is 1.03 bits per heavy atom. The quantitative estimate of drug-likeness (QED) is 0.246. The van der Waals surface area contributed by atoms with E-state index in [1.807, 2.05) is 54.6 Å². The summed E-state index contributed by atoms with van der Waals surface area (Å²) in [6.45, 7) is 0.419. The number of likely N-dealkylation sites (N-methyl/N-ethyl adjacent to an activating group) is 1. The minimum atomic E-state index is -0.447. The Balaban J connectivity index is 1.92. The third-order valence-corrected chi connectivity index (χ3v) is 4.63. The van der Waals surface area contributed by atoms with Gasteiger partial charge < -0.3 is 9.64 Å². The fourth-order valence-electron chi connectivity index (χ4n) is 3.06. The average Bonchev–Trinajstić information content (AvgIpc) is 2.78. The van der Waals surface area contributed by atoms with Crippen molar-refractivity contribution in [2.75, 3.05) is 14.2 Å². The van der Waals surface area contributed by atoms with Crippen LogP contribution in [0.2, 0.25) is 0 Å². The Bertz CT molecular complexity index is 1060. The summed E-state index contributed by atoms with van der Waals surface area (Å²) in [6, 6.07) is 23.0. The lowest BCUT2D eigenvalue weighted by atomic mass is 10.0. The van der Waals surface area contributed by atoms with Gasteiger partial charge in [-0.3, -0.25) is 14.9 Å². The summed E-state index contributed by atoms with van der Waals surface area (Å²) in [7, 11) is 3.34. The lowest BCUT2D eigenvalue weighted by Gasteiger charge is -2.20. The van der Waals surface area contributed by atoms with E-state index in [0.717, 1.165) is 16.9 Å². The monoisotopic (exact) mass is 402 g/mol. The van der Waals surface area contributed by atoms with Gasteiger partial charge in [-0.1, -0.05) is 54.6 Å². The van der Waals surface area contributed by atoms with E-state index in [-0.39, 0.29) is 11.6 Å². The number of benzene rings is 3. The molecule has 0 N–H and O–H groups in total. The second-order valence-electron chi connectivity index (χ2n) is 6.79. The van der Waals surface area contributed by atoms with E-state index in [2.05, 4.69) is 0 Å². The Morgan fingerprint density at radius 3 is 2.37 bits per heavy atom. The maximum Gasteiger partial charge on any atom is 0.270 e. The summed E-state index contributed by atoms with van der Waals surface area (Å²) in [4.78, 5) is 25.6. The molecule has 0 radical (unpaired) electrons. The molecule has 152 valence electrons. The van der Waals surface area contributed by atoms with Crippen LogP contribution in [0, 0.1) is 10.1 Å². The van der Waals surface area contributed by atoms with Crippen molar-refractivity contribution in [1.29, 1.82) is 0 Å². The summed E-state index contributed by atoms with van der Waals surface area (Å²) in [5.41, 5.74) is 2.75. The van der Waals surface area contributed by atoms with Gasteiger partial charge in [-0.05, 0) is 34.9 Å². The van der Waals surface area contributed by atoms with Gasteiger partial charge in [0.2, 0.25) is 0 Å². The summed E-state index contributed by atoms with van der Waals surface area (Å²) in [5, 5.41) is 11.1. The van der Waals surface area contributed by atoms with Crippen molar-refractivity contribution >= 4 is 23.2 Å². The Morgan fingerprint density at radius 2 is 1.73 bits per heavy atom. The van der Waals surface area contributed by atoms with Crippen LogP contribution in [0.1, 0.15) is 16.7 Å². The van der Waals surface area contributed by atoms with Crippen LogP contribution in [0.3, 0.4) is 0 Å². The van der Waals surface area contributed by atoms with Gasteiger partial charge >= 0.3 is 0 Å². The molecule has 0 atom stereocenters. The fourth-order valence-corrected chi connectivity index (χ4v) is 3.06. The number of nitro groups is 1. The van der Waals surface area contributed by atoms with Gasteiger partial charge in [-0.25, -0.2) is 0 Å². The molecule has 0 bridgehead atoms. The first-order chi connectivity index (χ1) is 14.5. The van der Waals surface area contributed by atoms with Crippen LogP contribution in [-0.2, 0) is 11.3 Å². The highest BCUT2D eigenvalue weighted by Gasteiger charge is 2.18. The summed E-state index contributed by atoms with van der Waals surface area (Å²) < 4.78 is 5.17. The maximum atomic E-state index is 13.3. The van der Waals surface area contributed by atoms with Crippen LogP contribution in [0.4, 0.5) is 5.69 Å². The molecule has 0 aliphatic heterocycles. The molecule has 6 nitrogen and oxygen atoms in total. The van der Waals surface area contributed by atoms with Gasteiger partial charge in [0.1, 0.15) is 5.75 Å². The highest BCUT2D eigenvalue weighted by atomic mass is 16.6. The molecule has 0 spiro atoms. The number of hydrogen-bond acceptors (Lipinski definition) is 4. The molecule has 0 unspecified atom stereocenters. The average molecular weight is 402 g/mol. The van der Waals surface area contributed by atoms with E-state index in [4.69, 9.17) is 4.74 Å². The second kappa shape index (κ2) is 9.52. The smallest absolute Gasteiger partial charge is 0.270 e. The van der Waals surface area contributed by atoms with Crippen LogP contribution in [0.5, 0.6) is 5.75 Å². The second-order valence-corrected chi connectivity index (χ2v) is 6.79. The van der Waals surface area contributed by atoms with Gasteiger partial charge in [-0.15, -0.1) is 0 Å². The third kappa shape index (κ3) is 5.11. The zero-order valence-corrected chi connectivity index (χ0v) is 16.8. The molecule has 0 fully saturated rings. The van der Waals surface area contributed by atoms with Crippen molar-refractivity contribution in [3.05, 3.63) is 106 Å². The van der Waals surface area contributed by atoms with Crippen molar-refractivity contribution in [3.63, 3.8) is 0 Å². The van der Waals surface area contributed by atoms with Crippen molar-refractivity contribution in [3.8, 4) is 5.75 Å². The normalized spacial score (nSPS) is 11.1. The van der Waals surface area contributed by atoms with E-state index in [9.17, 15) is 14.9 Å². The lowest BCUT2D eigenvalue weighted by Crippen LogP contribution is -2.27. The zero-order valence-electron chi connectivity index (χ0n) is 16.8. The number of nitro benzene ring substituents is 1. The number of rotatable bonds is 7. The molecular weight excluding hydrogens is 380 g/mol. The first kappa shape index (κ1) is 20.8. The summed E-state index contributed by atoms with van der Waals surface area (Å²) in [5.74, 6) is 0.576. The Kier molecular flexibility index (Phi) is 6.60. The Hall–Kier alpha value is -3.93. The minimum absolute atomic E-state index is 0.0183. The number of amides is 1. The van der Waals surface area contributed by atoms with Crippen molar-refractivity contribution in [1.82, 2.24) is 4.90 Å². The fraction of sp³-hybridized carbons (Fsp3) is 0.125. The SMILES string of the molecule is COc1ccc(CN(C)C(=O)/C(=C/c2cccc([N+](=O)[O-])c2)c2ccccc2)cc1. The largest absolute Gasteiger partial charge is 0.497 e. The molecule has 1 amide bonds. The molecule has 6 heteroatoms. The molecule has 3 aromatic carbocycles. The van der Waals surface area contributed by atoms with Gasteiger partial charge in [0, 0.05) is 31.3 Å². The number of nitrogens with zero attached hydrogens (tertiary/aromatic N) is 2. The summed E-state index contributed by atoms with van der Waals surface area (Å²) in [6.07, 6.45) is 1.69. The predicted molar refractivity (Wildman–Crippen MR) is 117 cm³/mol. The number of carbonyl (C=O) groups is 1. The highest BCUT2D eigenvalue weighted by Crippen LogP contribution is 2.23. The van der Waals surface area contributed by atoms with E-state index >= 15 is 0 Å². The van der Waals surface area contributed by atoms with Gasteiger partial charge in [0.15, 0.2) is 0 Å². The standard InChI is InChI=1S/C24H22N2O4/c1-25(17-18-11-13-22(30-2)14-12-18)24(27)23(20-8-4-3-5-9-20)16-19-7-6-10-21(15-19)26(28)29/h3-16H,17H2,1-2H3/b23-16+. The molecule has 0 aliphatic rings. The number of methoxy groups -OCH3 is 1. The van der Waals surface area contributed by atoms with E-state index in [1.54, 1.807) is 37.3 Å². The van der Waals surface area contributed by atoms with Gasteiger partial charge in [0.25, 0.3) is 11.6 Å². The van der Waals surface area contributed by atoms with Gasteiger partial charge in [-0.2, -0.15) is 0 Å². The predicted octanol–water partition coefficient (Wildman–Crippen LogP) is 4.80. The summed E-state index contributed by atoms with van der Waals surface area (Å²) >= 11 is 0. The number of carbonyl (C=O) groups excluding carboxylic acids is 1. The number of ether oxygens (including phenoxy) is 1. The zero-order chi connectivity index (χ0) is 21.5. The molecule has 0 heterocycles. The van der Waals surface area contributed by atoms with E-state index in [1.165, 1.54) is 12.1 Å². The first-order valence-corrected chi connectivity index (χ1v) is 9.38. The molecule has 0 aromatic heterocycles. The van der Waals surface area contributed by atoms with Crippen molar-refractivity contribution < 1.29 is 14.5 Å². The van der Waals surface area contributed by atoms with E-state index in [0.29, 0.717) is 17.7 Å². The molecular formula is C24H22N2O4. The van der Waals surface area contributed by atoms with E-state index < -0.39 is 4.92 Å².